The van der Waals surface area contributed by atoms with Crippen molar-refractivity contribution in [2.45, 2.75) is 112 Å². The number of benzene rings is 2. The van der Waals surface area contributed by atoms with E-state index in [0.717, 1.165) is 18.4 Å². The summed E-state index contributed by atoms with van der Waals surface area (Å²) >= 11 is 0. The maximum absolute atomic E-state index is 13.4. The molecule has 1 unspecified atom stereocenters. The standard InChI is InChI=1S/C34H50N2O5/c1-12-26(41-27-17-15-22(33(7,8)13-2)19-24(27)34(9,10)14-3)31(39)35-23-16-18-28(40-11)25(20-23)36-30(38)21-29(37)32(4,5)6/h15-20,26H,12-14,21H2,1-11H3,(H,35,39)(H,36,38). The van der Waals surface area contributed by atoms with Crippen molar-refractivity contribution < 1.29 is 23.9 Å². The van der Waals surface area contributed by atoms with Crippen LogP contribution in [0.3, 0.4) is 0 Å². The van der Waals surface area contributed by atoms with Crippen molar-refractivity contribution in [2.75, 3.05) is 17.7 Å². The number of rotatable bonds is 13. The van der Waals surface area contributed by atoms with Crippen LogP contribution in [0.5, 0.6) is 11.5 Å². The van der Waals surface area contributed by atoms with E-state index in [9.17, 15) is 14.4 Å². The zero-order valence-electron chi connectivity index (χ0n) is 26.9. The molecule has 0 bridgehead atoms. The number of amides is 2. The summed E-state index contributed by atoms with van der Waals surface area (Å²) in [5, 5.41) is 5.67. The highest BCUT2D eigenvalue weighted by atomic mass is 16.5. The van der Waals surface area contributed by atoms with Gasteiger partial charge in [-0.3, -0.25) is 14.4 Å². The van der Waals surface area contributed by atoms with Crippen LogP contribution >= 0.6 is 0 Å². The smallest absolute Gasteiger partial charge is 0.265 e. The van der Waals surface area contributed by atoms with E-state index < -0.39 is 17.4 Å². The zero-order chi connectivity index (χ0) is 31.2. The maximum Gasteiger partial charge on any atom is 0.265 e. The molecule has 0 aliphatic rings. The second kappa shape index (κ2) is 13.5. The molecule has 1 atom stereocenters. The van der Waals surface area contributed by atoms with Crippen LogP contribution in [0.25, 0.3) is 0 Å². The quantitative estimate of drug-likeness (QED) is 0.241. The third kappa shape index (κ3) is 8.82. The third-order valence-corrected chi connectivity index (χ3v) is 8.09. The molecule has 226 valence electrons. The minimum atomic E-state index is -0.726. The Morgan fingerprint density at radius 1 is 0.805 bits per heavy atom. The Hall–Kier alpha value is -3.35. The number of Topliss-reactive ketones (excluding diaryl/α,β-unsaturated/α-hetero) is 1. The van der Waals surface area contributed by atoms with E-state index in [1.54, 1.807) is 39.0 Å². The number of hydrogen-bond acceptors (Lipinski definition) is 5. The molecular formula is C34H50N2O5. The highest BCUT2D eigenvalue weighted by Gasteiger charge is 2.29. The molecule has 0 radical (unpaired) electrons. The lowest BCUT2D eigenvalue weighted by atomic mass is 9.76. The van der Waals surface area contributed by atoms with Gasteiger partial charge in [0.15, 0.2) is 6.10 Å². The molecular weight excluding hydrogens is 516 g/mol. The summed E-state index contributed by atoms with van der Waals surface area (Å²) in [6, 6.07) is 11.3. The van der Waals surface area contributed by atoms with E-state index in [2.05, 4.69) is 64.3 Å². The SMILES string of the molecule is CCC(Oc1ccc(C(C)(C)CC)cc1C(C)(C)CC)C(=O)Nc1ccc(OC)c(NC(=O)CC(=O)C(C)(C)C)c1. The summed E-state index contributed by atoms with van der Waals surface area (Å²) in [7, 11) is 1.49. The van der Waals surface area contributed by atoms with Crippen LogP contribution in [-0.4, -0.2) is 30.8 Å². The lowest BCUT2D eigenvalue weighted by Gasteiger charge is -2.31. The van der Waals surface area contributed by atoms with Gasteiger partial charge in [-0.2, -0.15) is 0 Å². The molecule has 2 amide bonds. The first-order chi connectivity index (χ1) is 19.0. The Bertz CT molecular complexity index is 1240. The van der Waals surface area contributed by atoms with Gasteiger partial charge in [-0.05, 0) is 59.9 Å². The molecule has 2 aromatic rings. The Morgan fingerprint density at radius 3 is 1.95 bits per heavy atom. The Kier molecular flexibility index (Phi) is 11.2. The normalized spacial score (nSPS) is 12.9. The zero-order valence-corrected chi connectivity index (χ0v) is 26.9. The van der Waals surface area contributed by atoms with Gasteiger partial charge in [-0.25, -0.2) is 0 Å². The number of anilines is 2. The molecule has 2 N–H and O–H groups in total. The fourth-order valence-electron chi connectivity index (χ4n) is 4.16. The largest absolute Gasteiger partial charge is 0.495 e. The van der Waals surface area contributed by atoms with Crippen LogP contribution in [0, 0.1) is 5.41 Å². The number of carbonyl (C=O) groups is 3. The van der Waals surface area contributed by atoms with Crippen LogP contribution in [0.1, 0.15) is 106 Å². The van der Waals surface area contributed by atoms with Crippen molar-refractivity contribution in [3.63, 3.8) is 0 Å². The molecule has 2 aromatic carbocycles. The minimum Gasteiger partial charge on any atom is -0.495 e. The lowest BCUT2D eigenvalue weighted by molar-refractivity contribution is -0.130. The Labute approximate surface area is 246 Å². The Morgan fingerprint density at radius 2 is 1.41 bits per heavy atom. The van der Waals surface area contributed by atoms with Crippen molar-refractivity contribution in [1.82, 2.24) is 0 Å². The fraction of sp³-hybridized carbons (Fsp3) is 0.559. The van der Waals surface area contributed by atoms with Gasteiger partial charge in [0.2, 0.25) is 5.91 Å². The first kappa shape index (κ1) is 33.9. The van der Waals surface area contributed by atoms with Crippen LogP contribution in [0.2, 0.25) is 0 Å². The molecule has 0 saturated carbocycles. The topological polar surface area (TPSA) is 93.7 Å². The molecule has 0 spiro atoms. The summed E-state index contributed by atoms with van der Waals surface area (Å²) < 4.78 is 11.8. The number of hydrogen-bond donors (Lipinski definition) is 2. The van der Waals surface area contributed by atoms with Gasteiger partial charge in [0.25, 0.3) is 5.91 Å². The summed E-state index contributed by atoms with van der Waals surface area (Å²) in [4.78, 5) is 38.3. The number of carbonyl (C=O) groups excluding carboxylic acids is 3. The average molecular weight is 567 g/mol. The number of nitrogens with one attached hydrogen (secondary N) is 2. The van der Waals surface area contributed by atoms with Crippen LogP contribution in [-0.2, 0) is 25.2 Å². The highest BCUT2D eigenvalue weighted by Crippen LogP contribution is 2.39. The summed E-state index contributed by atoms with van der Waals surface area (Å²) in [6.45, 7) is 20.5. The van der Waals surface area contributed by atoms with Crippen LogP contribution in [0.15, 0.2) is 36.4 Å². The lowest BCUT2D eigenvalue weighted by Crippen LogP contribution is -2.33. The predicted octanol–water partition coefficient (Wildman–Crippen LogP) is 7.81. The van der Waals surface area contributed by atoms with Crippen molar-refractivity contribution in [3.05, 3.63) is 47.5 Å². The van der Waals surface area contributed by atoms with E-state index >= 15 is 0 Å². The van der Waals surface area contributed by atoms with Crippen molar-refractivity contribution in [1.29, 1.82) is 0 Å². The first-order valence-corrected chi connectivity index (χ1v) is 14.6. The van der Waals surface area contributed by atoms with E-state index in [4.69, 9.17) is 9.47 Å². The van der Waals surface area contributed by atoms with Crippen molar-refractivity contribution >= 4 is 29.0 Å². The third-order valence-electron chi connectivity index (χ3n) is 8.09. The number of ketones is 1. The summed E-state index contributed by atoms with van der Waals surface area (Å²) in [5.41, 5.74) is 2.45. The summed E-state index contributed by atoms with van der Waals surface area (Å²) in [5.74, 6) is 0.224. The van der Waals surface area contributed by atoms with Crippen LogP contribution < -0.4 is 20.1 Å². The molecule has 0 aliphatic heterocycles. The molecule has 0 aliphatic carbocycles. The Balaban J connectivity index is 2.30. The molecule has 7 nitrogen and oxygen atoms in total. The molecule has 0 heterocycles. The monoisotopic (exact) mass is 566 g/mol. The maximum atomic E-state index is 13.4. The van der Waals surface area contributed by atoms with Gasteiger partial charge in [-0.1, -0.05) is 81.4 Å². The van der Waals surface area contributed by atoms with Gasteiger partial charge in [-0.15, -0.1) is 0 Å². The molecule has 0 aromatic heterocycles. The van der Waals surface area contributed by atoms with Gasteiger partial charge in [0.05, 0.1) is 19.2 Å². The van der Waals surface area contributed by atoms with Crippen molar-refractivity contribution in [2.24, 2.45) is 5.41 Å². The van der Waals surface area contributed by atoms with E-state index in [-0.39, 0.29) is 28.9 Å². The molecule has 41 heavy (non-hydrogen) atoms. The fourth-order valence-corrected chi connectivity index (χ4v) is 4.16. The predicted molar refractivity (Wildman–Crippen MR) is 167 cm³/mol. The average Bonchev–Trinajstić information content (AvgIpc) is 2.91. The number of ether oxygens (including phenoxy) is 2. The van der Waals surface area contributed by atoms with Gasteiger partial charge in [0.1, 0.15) is 17.3 Å². The second-order valence-corrected chi connectivity index (χ2v) is 13.0. The highest BCUT2D eigenvalue weighted by molar-refractivity contribution is 6.06. The molecule has 0 fully saturated rings. The summed E-state index contributed by atoms with van der Waals surface area (Å²) in [6.07, 6.45) is 1.42. The molecule has 0 saturated heterocycles. The minimum absolute atomic E-state index is 0.0279. The van der Waals surface area contributed by atoms with Gasteiger partial charge in [0, 0.05) is 16.7 Å². The molecule has 7 heteroatoms. The van der Waals surface area contributed by atoms with Gasteiger partial charge < -0.3 is 20.1 Å². The van der Waals surface area contributed by atoms with Crippen molar-refractivity contribution in [3.8, 4) is 11.5 Å². The second-order valence-electron chi connectivity index (χ2n) is 13.0. The van der Waals surface area contributed by atoms with Gasteiger partial charge >= 0.3 is 0 Å². The van der Waals surface area contributed by atoms with E-state index in [0.29, 0.717) is 29.3 Å². The van der Waals surface area contributed by atoms with Crippen LogP contribution in [0.4, 0.5) is 11.4 Å². The van der Waals surface area contributed by atoms with E-state index in [1.807, 2.05) is 13.0 Å². The first-order valence-electron chi connectivity index (χ1n) is 14.6. The molecule has 2 rings (SSSR count). The van der Waals surface area contributed by atoms with E-state index in [1.165, 1.54) is 12.7 Å². The number of methoxy groups -OCH3 is 1.